The van der Waals surface area contributed by atoms with Crippen molar-refractivity contribution < 1.29 is 4.79 Å². The Morgan fingerprint density at radius 1 is 1.33 bits per heavy atom. The summed E-state index contributed by atoms with van der Waals surface area (Å²) in [6.45, 7) is 4.24. The van der Waals surface area contributed by atoms with E-state index in [2.05, 4.69) is 52.4 Å². The summed E-state index contributed by atoms with van der Waals surface area (Å²) < 4.78 is 2.04. The van der Waals surface area contributed by atoms with E-state index in [1.165, 1.54) is 22.9 Å². The number of carbonyl (C=O) groups is 1. The van der Waals surface area contributed by atoms with Crippen LogP contribution in [0.2, 0.25) is 0 Å². The average Bonchev–Trinajstić information content (AvgIpc) is 3.33. The van der Waals surface area contributed by atoms with Crippen LogP contribution in [0, 0.1) is 13.8 Å². The molecule has 138 valence electrons. The summed E-state index contributed by atoms with van der Waals surface area (Å²) >= 11 is 0. The van der Waals surface area contributed by atoms with Crippen LogP contribution in [0.25, 0.3) is 11.8 Å². The molecule has 0 unspecified atom stereocenters. The van der Waals surface area contributed by atoms with E-state index in [9.17, 15) is 4.79 Å². The van der Waals surface area contributed by atoms with Crippen LogP contribution >= 0.6 is 0 Å². The largest absolute Gasteiger partial charge is 0.346 e. The van der Waals surface area contributed by atoms with Crippen molar-refractivity contribution in [2.75, 3.05) is 0 Å². The van der Waals surface area contributed by atoms with Gasteiger partial charge in [-0.25, -0.2) is 9.67 Å². The number of nitrogens with one attached hydrogen (secondary N) is 2. The van der Waals surface area contributed by atoms with Gasteiger partial charge in [0.05, 0.1) is 36.1 Å². The van der Waals surface area contributed by atoms with Gasteiger partial charge in [-0.2, -0.15) is 5.10 Å². The lowest BCUT2D eigenvalue weighted by Crippen LogP contribution is -2.29. The molecule has 6 heteroatoms. The molecule has 1 atom stereocenters. The molecule has 0 fully saturated rings. The molecule has 0 saturated carbocycles. The lowest BCUT2D eigenvalue weighted by atomic mass is 9.92. The van der Waals surface area contributed by atoms with E-state index in [4.69, 9.17) is 0 Å². The van der Waals surface area contributed by atoms with Gasteiger partial charge in [-0.15, -0.1) is 0 Å². The van der Waals surface area contributed by atoms with Crippen molar-refractivity contribution in [1.82, 2.24) is 25.1 Å². The van der Waals surface area contributed by atoms with Gasteiger partial charge in [0.15, 0.2) is 0 Å². The van der Waals surface area contributed by atoms with Crippen LogP contribution in [0.5, 0.6) is 0 Å². The Hall–Kier alpha value is -3.15. The number of aromatic amines is 1. The number of nitrogens with zero attached hydrogens (tertiary/aromatic N) is 3. The zero-order chi connectivity index (χ0) is 18.8. The average molecular weight is 361 g/mol. The fourth-order valence-corrected chi connectivity index (χ4v) is 3.62. The second-order valence-corrected chi connectivity index (χ2v) is 6.97. The van der Waals surface area contributed by atoms with Crippen LogP contribution in [0.3, 0.4) is 0 Å². The second kappa shape index (κ2) is 7.23. The summed E-state index contributed by atoms with van der Waals surface area (Å²) in [7, 11) is 0. The molecule has 1 aliphatic carbocycles. The van der Waals surface area contributed by atoms with Gasteiger partial charge in [0.1, 0.15) is 0 Å². The third kappa shape index (κ3) is 3.43. The smallest absolute Gasteiger partial charge is 0.244 e. The quantitative estimate of drug-likeness (QED) is 0.699. The SMILES string of the molecule is Cc1cccc(-n2ncc3c2CCC[C@@H]3NC(=O)/C=C/c2cnc[nH]2)c1C. The number of H-pyrrole nitrogens is 1. The number of benzene rings is 1. The van der Waals surface area contributed by atoms with Crippen LogP contribution in [-0.2, 0) is 11.2 Å². The highest BCUT2D eigenvalue weighted by molar-refractivity contribution is 5.91. The van der Waals surface area contributed by atoms with Crippen LogP contribution in [0.15, 0.2) is 43.0 Å². The highest BCUT2D eigenvalue weighted by atomic mass is 16.1. The molecule has 27 heavy (non-hydrogen) atoms. The Bertz CT molecular complexity index is 984. The van der Waals surface area contributed by atoms with Crippen molar-refractivity contribution in [3.8, 4) is 5.69 Å². The minimum absolute atomic E-state index is 0.00784. The summed E-state index contributed by atoms with van der Waals surface area (Å²) in [5.74, 6) is -0.109. The molecular formula is C21H23N5O. The highest BCUT2D eigenvalue weighted by Gasteiger charge is 2.26. The molecule has 0 aliphatic heterocycles. The monoisotopic (exact) mass is 361 g/mol. The minimum Gasteiger partial charge on any atom is -0.346 e. The van der Waals surface area contributed by atoms with Gasteiger partial charge < -0.3 is 10.3 Å². The van der Waals surface area contributed by atoms with Crippen molar-refractivity contribution in [1.29, 1.82) is 0 Å². The van der Waals surface area contributed by atoms with Crippen LogP contribution in [0.4, 0.5) is 0 Å². The molecule has 0 radical (unpaired) electrons. The molecule has 1 aliphatic rings. The Morgan fingerprint density at radius 2 is 2.22 bits per heavy atom. The highest BCUT2D eigenvalue weighted by Crippen LogP contribution is 2.32. The van der Waals surface area contributed by atoms with E-state index in [1.54, 1.807) is 18.6 Å². The second-order valence-electron chi connectivity index (χ2n) is 6.97. The number of fused-ring (bicyclic) bond motifs is 1. The molecule has 2 aromatic heterocycles. The zero-order valence-electron chi connectivity index (χ0n) is 15.6. The molecule has 2 heterocycles. The first-order valence-corrected chi connectivity index (χ1v) is 9.24. The summed E-state index contributed by atoms with van der Waals surface area (Å²) in [5.41, 5.74) is 6.71. The molecule has 0 saturated heterocycles. The molecule has 0 bridgehead atoms. The van der Waals surface area contributed by atoms with Gasteiger partial charge in [0, 0.05) is 17.3 Å². The zero-order valence-corrected chi connectivity index (χ0v) is 15.6. The molecule has 4 rings (SSSR count). The van der Waals surface area contributed by atoms with Gasteiger partial charge in [0.2, 0.25) is 5.91 Å². The molecule has 0 spiro atoms. The molecular weight excluding hydrogens is 338 g/mol. The van der Waals surface area contributed by atoms with Crippen molar-refractivity contribution in [2.24, 2.45) is 0 Å². The maximum atomic E-state index is 12.3. The standard InChI is InChI=1S/C21H23N5O/c1-14-5-3-7-19(15(14)2)26-20-8-4-6-18(17(20)12-24-26)25-21(27)10-9-16-11-22-13-23-16/h3,5,7,9-13,18H,4,6,8H2,1-2H3,(H,22,23)(H,25,27)/b10-9+/t18-/m0/s1. The molecule has 1 aromatic carbocycles. The van der Waals surface area contributed by atoms with E-state index in [0.717, 1.165) is 36.2 Å². The van der Waals surface area contributed by atoms with E-state index in [-0.39, 0.29) is 11.9 Å². The fraction of sp³-hybridized carbons (Fsp3) is 0.286. The Balaban J connectivity index is 1.57. The Labute approximate surface area is 158 Å². The predicted octanol–water partition coefficient (Wildman–Crippen LogP) is 3.42. The first-order chi connectivity index (χ1) is 13.1. The number of carbonyl (C=O) groups excluding carboxylic acids is 1. The van der Waals surface area contributed by atoms with Crippen molar-refractivity contribution >= 4 is 12.0 Å². The third-order valence-corrected chi connectivity index (χ3v) is 5.24. The normalized spacial score (nSPS) is 16.4. The number of rotatable bonds is 4. The van der Waals surface area contributed by atoms with Crippen LogP contribution in [0.1, 0.15) is 47.0 Å². The maximum Gasteiger partial charge on any atom is 0.244 e. The topological polar surface area (TPSA) is 75.6 Å². The first kappa shape index (κ1) is 17.3. The third-order valence-electron chi connectivity index (χ3n) is 5.24. The molecule has 2 N–H and O–H groups in total. The van der Waals surface area contributed by atoms with E-state index >= 15 is 0 Å². The van der Waals surface area contributed by atoms with E-state index in [1.807, 2.05) is 10.9 Å². The number of imidazole rings is 1. The number of amides is 1. The lowest BCUT2D eigenvalue weighted by Gasteiger charge is -2.24. The van der Waals surface area contributed by atoms with Gasteiger partial charge in [-0.1, -0.05) is 12.1 Å². The van der Waals surface area contributed by atoms with Gasteiger partial charge in [0.25, 0.3) is 0 Å². The maximum absolute atomic E-state index is 12.3. The summed E-state index contributed by atoms with van der Waals surface area (Å²) in [6.07, 6.45) is 11.4. The van der Waals surface area contributed by atoms with Gasteiger partial charge in [-0.05, 0) is 56.4 Å². The molecule has 6 nitrogen and oxygen atoms in total. The Morgan fingerprint density at radius 3 is 3.04 bits per heavy atom. The van der Waals surface area contributed by atoms with Crippen LogP contribution in [-0.4, -0.2) is 25.7 Å². The first-order valence-electron chi connectivity index (χ1n) is 9.24. The summed E-state index contributed by atoms with van der Waals surface area (Å²) in [4.78, 5) is 19.2. The number of hydrogen-bond acceptors (Lipinski definition) is 3. The number of aromatic nitrogens is 4. The predicted molar refractivity (Wildman–Crippen MR) is 104 cm³/mol. The van der Waals surface area contributed by atoms with Crippen molar-refractivity contribution in [3.63, 3.8) is 0 Å². The summed E-state index contributed by atoms with van der Waals surface area (Å²) in [5, 5.41) is 7.76. The molecule has 1 amide bonds. The lowest BCUT2D eigenvalue weighted by molar-refractivity contribution is -0.117. The van der Waals surface area contributed by atoms with Gasteiger partial charge >= 0.3 is 0 Å². The van der Waals surface area contributed by atoms with Crippen molar-refractivity contribution in [2.45, 2.75) is 39.2 Å². The van der Waals surface area contributed by atoms with E-state index < -0.39 is 0 Å². The van der Waals surface area contributed by atoms with Gasteiger partial charge in [-0.3, -0.25) is 4.79 Å². The fourth-order valence-electron chi connectivity index (χ4n) is 3.62. The number of hydrogen-bond donors (Lipinski definition) is 2. The molecule has 3 aromatic rings. The number of aryl methyl sites for hydroxylation is 1. The summed E-state index contributed by atoms with van der Waals surface area (Å²) in [6, 6.07) is 6.27. The van der Waals surface area contributed by atoms with Crippen LogP contribution < -0.4 is 5.32 Å². The minimum atomic E-state index is -0.109. The Kier molecular flexibility index (Phi) is 4.62. The van der Waals surface area contributed by atoms with E-state index in [0.29, 0.717) is 0 Å². The van der Waals surface area contributed by atoms with Crippen molar-refractivity contribution in [3.05, 3.63) is 71.1 Å².